The van der Waals surface area contributed by atoms with Gasteiger partial charge in [-0.15, -0.1) is 11.3 Å². The minimum absolute atomic E-state index is 0.0485. The van der Waals surface area contributed by atoms with Crippen LogP contribution in [0, 0.1) is 0 Å². The van der Waals surface area contributed by atoms with Crippen LogP contribution in [0.1, 0.15) is 27.2 Å². The van der Waals surface area contributed by atoms with Gasteiger partial charge in [-0.2, -0.15) is 11.8 Å². The highest BCUT2D eigenvalue weighted by Crippen LogP contribution is 2.38. The zero-order chi connectivity index (χ0) is 20.3. The first-order valence-corrected chi connectivity index (χ1v) is 13.0. The van der Waals surface area contributed by atoms with Gasteiger partial charge in [-0.1, -0.05) is 18.2 Å². The molecule has 2 aromatic heterocycles. The van der Waals surface area contributed by atoms with E-state index in [0.717, 1.165) is 28.5 Å². The molecular weight excluding hydrogens is 426 g/mol. The van der Waals surface area contributed by atoms with Gasteiger partial charge in [0.2, 0.25) is 0 Å². The van der Waals surface area contributed by atoms with Crippen molar-refractivity contribution in [3.05, 3.63) is 70.9 Å². The van der Waals surface area contributed by atoms with E-state index in [2.05, 4.69) is 0 Å². The summed E-state index contributed by atoms with van der Waals surface area (Å²) < 4.78 is 32.2. The highest BCUT2D eigenvalue weighted by atomic mass is 32.2. The van der Waals surface area contributed by atoms with Crippen molar-refractivity contribution in [3.8, 4) is 5.00 Å². The number of carbonyl (C=O) groups is 1. The SMILES string of the molecule is O=C(OCCCS(=O)(=O)c1ccccc1)c1c(-n2cccc2)sc2c1CCSC2. The Balaban J connectivity index is 1.45. The molecule has 0 N–H and O–H groups in total. The first kappa shape index (κ1) is 20.3. The molecule has 0 saturated heterocycles. The van der Waals surface area contributed by atoms with E-state index in [9.17, 15) is 13.2 Å². The second-order valence-corrected chi connectivity index (χ2v) is 11.0. The Kier molecular flexibility index (Phi) is 6.12. The summed E-state index contributed by atoms with van der Waals surface area (Å²) in [5.74, 6) is 1.49. The Labute approximate surface area is 178 Å². The molecule has 1 aromatic carbocycles. The quantitative estimate of drug-likeness (QED) is 0.398. The first-order valence-electron chi connectivity index (χ1n) is 9.37. The van der Waals surface area contributed by atoms with Crippen molar-refractivity contribution in [2.45, 2.75) is 23.5 Å². The molecule has 1 aliphatic heterocycles. The summed E-state index contributed by atoms with van der Waals surface area (Å²) in [5, 5.41) is 0.879. The third-order valence-electron chi connectivity index (χ3n) is 4.74. The number of rotatable bonds is 7. The number of thioether (sulfide) groups is 1. The summed E-state index contributed by atoms with van der Waals surface area (Å²) in [4.78, 5) is 14.4. The highest BCUT2D eigenvalue weighted by molar-refractivity contribution is 7.98. The minimum Gasteiger partial charge on any atom is -0.462 e. The van der Waals surface area contributed by atoms with E-state index in [1.54, 1.807) is 41.7 Å². The summed E-state index contributed by atoms with van der Waals surface area (Å²) in [6.45, 7) is 0.0788. The smallest absolute Gasteiger partial charge is 0.341 e. The fourth-order valence-corrected chi connectivity index (χ4v) is 7.05. The lowest BCUT2D eigenvalue weighted by molar-refractivity contribution is 0.0505. The molecule has 29 heavy (non-hydrogen) atoms. The molecule has 152 valence electrons. The van der Waals surface area contributed by atoms with Gasteiger partial charge in [-0.05, 0) is 48.4 Å². The van der Waals surface area contributed by atoms with E-state index in [1.165, 1.54) is 4.88 Å². The van der Waals surface area contributed by atoms with Gasteiger partial charge in [0.05, 0.1) is 22.8 Å². The summed E-state index contributed by atoms with van der Waals surface area (Å²) >= 11 is 3.51. The summed E-state index contributed by atoms with van der Waals surface area (Å²) in [7, 11) is -3.37. The number of ether oxygens (including phenoxy) is 1. The maximum atomic E-state index is 12.9. The van der Waals surface area contributed by atoms with Gasteiger partial charge in [0.25, 0.3) is 0 Å². The lowest BCUT2D eigenvalue weighted by Gasteiger charge is -2.13. The number of esters is 1. The number of hydrogen-bond acceptors (Lipinski definition) is 6. The predicted molar refractivity (Wildman–Crippen MR) is 117 cm³/mol. The molecule has 4 rings (SSSR count). The molecule has 0 spiro atoms. The Bertz CT molecular complexity index is 1090. The number of carbonyl (C=O) groups excluding carboxylic acids is 1. The molecule has 0 bridgehead atoms. The Morgan fingerprint density at radius 1 is 1.10 bits per heavy atom. The molecule has 3 heterocycles. The molecule has 0 aliphatic carbocycles. The van der Waals surface area contributed by atoms with E-state index in [0.29, 0.717) is 10.5 Å². The van der Waals surface area contributed by atoms with Gasteiger partial charge >= 0.3 is 5.97 Å². The zero-order valence-corrected chi connectivity index (χ0v) is 18.2. The summed E-state index contributed by atoms with van der Waals surface area (Å²) in [6.07, 6.45) is 4.97. The molecule has 1 aliphatic rings. The van der Waals surface area contributed by atoms with Crippen LogP contribution in [-0.2, 0) is 26.7 Å². The highest BCUT2D eigenvalue weighted by Gasteiger charge is 2.27. The minimum atomic E-state index is -3.37. The average Bonchev–Trinajstić information content (AvgIpc) is 3.39. The fourth-order valence-electron chi connectivity index (χ4n) is 3.31. The zero-order valence-electron chi connectivity index (χ0n) is 15.7. The molecule has 5 nitrogen and oxygen atoms in total. The van der Waals surface area contributed by atoms with E-state index >= 15 is 0 Å². The monoisotopic (exact) mass is 447 g/mol. The van der Waals surface area contributed by atoms with Gasteiger partial charge in [-0.25, -0.2) is 13.2 Å². The maximum absolute atomic E-state index is 12.9. The number of benzene rings is 1. The van der Waals surface area contributed by atoms with Crippen LogP contribution in [0.3, 0.4) is 0 Å². The van der Waals surface area contributed by atoms with Gasteiger partial charge < -0.3 is 9.30 Å². The third kappa shape index (κ3) is 4.44. The molecular formula is C21H21NO4S3. The summed E-state index contributed by atoms with van der Waals surface area (Å²) in [6, 6.07) is 12.2. The van der Waals surface area contributed by atoms with Crippen molar-refractivity contribution in [1.29, 1.82) is 0 Å². The first-order chi connectivity index (χ1) is 14.1. The predicted octanol–water partition coefficient (Wildman–Crippen LogP) is 4.35. The van der Waals surface area contributed by atoms with E-state index in [4.69, 9.17) is 4.74 Å². The average molecular weight is 448 g/mol. The molecule has 0 unspecified atom stereocenters. The second-order valence-electron chi connectivity index (χ2n) is 6.70. The van der Waals surface area contributed by atoms with Crippen molar-refractivity contribution >= 4 is 38.9 Å². The Hall–Kier alpha value is -2.03. The molecule has 0 saturated carbocycles. The normalized spacial score (nSPS) is 13.8. The number of aromatic nitrogens is 1. The lowest BCUT2D eigenvalue weighted by atomic mass is 10.1. The van der Waals surface area contributed by atoms with Gasteiger partial charge in [-0.3, -0.25) is 0 Å². The second kappa shape index (κ2) is 8.77. The van der Waals surface area contributed by atoms with Crippen LogP contribution in [0.4, 0.5) is 0 Å². The Morgan fingerprint density at radius 2 is 1.86 bits per heavy atom. The van der Waals surface area contributed by atoms with Crippen molar-refractivity contribution in [2.24, 2.45) is 0 Å². The van der Waals surface area contributed by atoms with E-state index < -0.39 is 9.84 Å². The largest absolute Gasteiger partial charge is 0.462 e. The number of nitrogens with zero attached hydrogens (tertiary/aromatic N) is 1. The van der Waals surface area contributed by atoms with Crippen LogP contribution in [0.5, 0.6) is 0 Å². The number of sulfone groups is 1. The standard InChI is InChI=1S/C21H21NO4S3/c23-21(26-12-6-14-29(24,25)16-7-2-1-3-8-16)19-17-9-13-27-15-18(17)28-20(19)22-10-4-5-11-22/h1-5,7-8,10-11H,6,9,12-15H2. The van der Waals surface area contributed by atoms with Crippen LogP contribution >= 0.6 is 23.1 Å². The fraction of sp³-hybridized carbons (Fsp3) is 0.286. The Morgan fingerprint density at radius 3 is 2.62 bits per heavy atom. The number of fused-ring (bicyclic) bond motifs is 1. The van der Waals surface area contributed by atoms with Crippen LogP contribution in [0.25, 0.3) is 5.00 Å². The van der Waals surface area contributed by atoms with Crippen LogP contribution in [-0.4, -0.2) is 37.1 Å². The molecule has 0 fully saturated rings. The van der Waals surface area contributed by atoms with Gasteiger partial charge in [0.15, 0.2) is 9.84 Å². The topological polar surface area (TPSA) is 65.4 Å². The molecule has 0 radical (unpaired) electrons. The van der Waals surface area contributed by atoms with Crippen LogP contribution < -0.4 is 0 Å². The maximum Gasteiger partial charge on any atom is 0.341 e. The van der Waals surface area contributed by atoms with Crippen molar-refractivity contribution < 1.29 is 17.9 Å². The third-order valence-corrected chi connectivity index (χ3v) is 8.97. The van der Waals surface area contributed by atoms with Crippen molar-refractivity contribution in [3.63, 3.8) is 0 Å². The lowest BCUT2D eigenvalue weighted by Crippen LogP contribution is -2.15. The van der Waals surface area contributed by atoms with Crippen molar-refractivity contribution in [2.75, 3.05) is 18.1 Å². The van der Waals surface area contributed by atoms with Crippen molar-refractivity contribution in [1.82, 2.24) is 4.57 Å². The van der Waals surface area contributed by atoms with Gasteiger partial charge in [0.1, 0.15) is 5.00 Å². The molecule has 0 amide bonds. The van der Waals surface area contributed by atoms with Crippen LogP contribution in [0.15, 0.2) is 59.8 Å². The van der Waals surface area contributed by atoms with Gasteiger partial charge in [0, 0.05) is 23.0 Å². The number of thiophene rings is 1. The number of hydrogen-bond donors (Lipinski definition) is 0. The molecule has 3 aromatic rings. The van der Waals surface area contributed by atoms with E-state index in [-0.39, 0.29) is 24.7 Å². The molecule has 0 atom stereocenters. The van der Waals surface area contributed by atoms with E-state index in [1.807, 2.05) is 40.9 Å². The summed E-state index contributed by atoms with van der Waals surface area (Å²) in [5.41, 5.74) is 1.71. The molecule has 8 heteroatoms. The van der Waals surface area contributed by atoms with Crippen LogP contribution in [0.2, 0.25) is 0 Å².